The van der Waals surface area contributed by atoms with Crippen molar-refractivity contribution in [3.05, 3.63) is 54.6 Å². The minimum absolute atomic E-state index is 0.315. The Morgan fingerprint density at radius 1 is 0.824 bits per heavy atom. The first-order chi connectivity index (χ1) is 8.25. The van der Waals surface area contributed by atoms with Crippen LogP contribution in [0.25, 0.3) is 11.1 Å². The number of rotatable bonds is 4. The van der Waals surface area contributed by atoms with Gasteiger partial charge in [0, 0.05) is 5.69 Å². The van der Waals surface area contributed by atoms with E-state index in [0.717, 1.165) is 11.1 Å². The van der Waals surface area contributed by atoms with Gasteiger partial charge in [-0.2, -0.15) is 0 Å². The van der Waals surface area contributed by atoms with E-state index in [-0.39, 0.29) is 6.54 Å². The molecule has 0 aromatic heterocycles. The summed E-state index contributed by atoms with van der Waals surface area (Å²) in [6.07, 6.45) is -2.33. The molecule has 17 heavy (non-hydrogen) atoms. The molecule has 0 amide bonds. The average Bonchev–Trinajstić information content (AvgIpc) is 2.38. The highest BCUT2D eigenvalue weighted by Gasteiger charge is 2.01. The molecule has 0 atom stereocenters. The van der Waals surface area contributed by atoms with E-state index in [2.05, 4.69) is 5.32 Å². The SMILES string of the molecule is FC(F)CNc1ccc(-c2ccccc2)cc1. The Balaban J connectivity index is 2.08. The van der Waals surface area contributed by atoms with Gasteiger partial charge in [-0.15, -0.1) is 0 Å². The van der Waals surface area contributed by atoms with Crippen molar-refractivity contribution in [2.24, 2.45) is 0 Å². The number of hydrogen-bond donors (Lipinski definition) is 1. The molecule has 0 bridgehead atoms. The molecule has 0 aliphatic rings. The zero-order chi connectivity index (χ0) is 12.1. The second kappa shape index (κ2) is 5.43. The number of anilines is 1. The molecule has 0 spiro atoms. The van der Waals surface area contributed by atoms with Crippen molar-refractivity contribution >= 4 is 5.69 Å². The normalized spacial score (nSPS) is 10.5. The molecule has 0 heterocycles. The molecule has 2 aromatic rings. The molecule has 2 aromatic carbocycles. The zero-order valence-electron chi connectivity index (χ0n) is 9.24. The fraction of sp³-hybridized carbons (Fsp3) is 0.143. The number of alkyl halides is 2. The van der Waals surface area contributed by atoms with Gasteiger partial charge in [0.05, 0.1) is 6.54 Å². The van der Waals surface area contributed by atoms with E-state index in [1.54, 1.807) is 0 Å². The maximum absolute atomic E-state index is 12.0. The van der Waals surface area contributed by atoms with Crippen LogP contribution in [0.5, 0.6) is 0 Å². The highest BCUT2D eigenvalue weighted by Crippen LogP contribution is 2.20. The van der Waals surface area contributed by atoms with Gasteiger partial charge >= 0.3 is 0 Å². The summed E-state index contributed by atoms with van der Waals surface area (Å²) < 4.78 is 24.0. The molecule has 0 aliphatic heterocycles. The Morgan fingerprint density at radius 3 is 2.00 bits per heavy atom. The first kappa shape index (κ1) is 11.6. The molecule has 1 N–H and O–H groups in total. The lowest BCUT2D eigenvalue weighted by atomic mass is 10.1. The Kier molecular flexibility index (Phi) is 3.70. The molecule has 0 aliphatic carbocycles. The number of hydrogen-bond acceptors (Lipinski definition) is 1. The molecule has 0 radical (unpaired) electrons. The van der Waals surface area contributed by atoms with Gasteiger partial charge in [-0.3, -0.25) is 0 Å². The summed E-state index contributed by atoms with van der Waals surface area (Å²) in [6.45, 7) is -0.315. The average molecular weight is 233 g/mol. The van der Waals surface area contributed by atoms with Gasteiger partial charge in [-0.05, 0) is 23.3 Å². The predicted octanol–water partition coefficient (Wildman–Crippen LogP) is 4.03. The van der Waals surface area contributed by atoms with E-state index in [1.807, 2.05) is 54.6 Å². The molecular formula is C14H13F2N. The van der Waals surface area contributed by atoms with E-state index in [9.17, 15) is 8.78 Å². The van der Waals surface area contributed by atoms with Crippen LogP contribution in [0.3, 0.4) is 0 Å². The van der Waals surface area contributed by atoms with Crippen LogP contribution in [0.1, 0.15) is 0 Å². The lowest BCUT2D eigenvalue weighted by Crippen LogP contribution is -2.09. The van der Waals surface area contributed by atoms with Gasteiger partial charge in [-0.1, -0.05) is 42.5 Å². The van der Waals surface area contributed by atoms with E-state index in [4.69, 9.17) is 0 Å². The monoisotopic (exact) mass is 233 g/mol. The molecule has 3 heteroatoms. The third-order valence-corrected chi connectivity index (χ3v) is 2.45. The van der Waals surface area contributed by atoms with Gasteiger partial charge in [0.25, 0.3) is 6.43 Å². The predicted molar refractivity (Wildman–Crippen MR) is 66.4 cm³/mol. The van der Waals surface area contributed by atoms with Crippen LogP contribution >= 0.6 is 0 Å². The fourth-order valence-electron chi connectivity index (χ4n) is 1.61. The topological polar surface area (TPSA) is 12.0 Å². The first-order valence-corrected chi connectivity index (χ1v) is 5.43. The van der Waals surface area contributed by atoms with Crippen molar-refractivity contribution in [2.75, 3.05) is 11.9 Å². The Labute approximate surface area is 99.1 Å². The Morgan fingerprint density at radius 2 is 1.41 bits per heavy atom. The van der Waals surface area contributed by atoms with Crippen LogP contribution in [0, 0.1) is 0 Å². The van der Waals surface area contributed by atoms with E-state index < -0.39 is 6.43 Å². The van der Waals surface area contributed by atoms with Crippen LogP contribution in [-0.4, -0.2) is 13.0 Å². The number of nitrogens with one attached hydrogen (secondary N) is 1. The van der Waals surface area contributed by atoms with Crippen molar-refractivity contribution in [3.8, 4) is 11.1 Å². The van der Waals surface area contributed by atoms with Crippen LogP contribution in [0.15, 0.2) is 54.6 Å². The second-order valence-electron chi connectivity index (χ2n) is 3.72. The highest BCUT2D eigenvalue weighted by atomic mass is 19.3. The third kappa shape index (κ3) is 3.28. The van der Waals surface area contributed by atoms with Crippen LogP contribution in [-0.2, 0) is 0 Å². The van der Waals surface area contributed by atoms with Crippen molar-refractivity contribution in [1.82, 2.24) is 0 Å². The third-order valence-electron chi connectivity index (χ3n) is 2.45. The second-order valence-corrected chi connectivity index (χ2v) is 3.72. The summed E-state index contributed by atoms with van der Waals surface area (Å²) in [4.78, 5) is 0. The molecule has 0 saturated carbocycles. The van der Waals surface area contributed by atoms with E-state index >= 15 is 0 Å². The smallest absolute Gasteiger partial charge is 0.255 e. The Bertz CT molecular complexity index is 451. The summed E-state index contributed by atoms with van der Waals surface area (Å²) in [5.74, 6) is 0. The van der Waals surface area contributed by atoms with Crippen LogP contribution in [0.2, 0.25) is 0 Å². The zero-order valence-corrected chi connectivity index (χ0v) is 9.24. The highest BCUT2D eigenvalue weighted by molar-refractivity contribution is 5.65. The van der Waals surface area contributed by atoms with Crippen molar-refractivity contribution in [2.45, 2.75) is 6.43 Å². The molecule has 1 nitrogen and oxygen atoms in total. The molecule has 0 saturated heterocycles. The van der Waals surface area contributed by atoms with Gasteiger partial charge in [0.1, 0.15) is 0 Å². The molecule has 2 rings (SSSR count). The lowest BCUT2D eigenvalue weighted by Gasteiger charge is -2.07. The van der Waals surface area contributed by atoms with Gasteiger partial charge in [0.2, 0.25) is 0 Å². The van der Waals surface area contributed by atoms with Gasteiger partial charge in [0.15, 0.2) is 0 Å². The summed E-state index contributed by atoms with van der Waals surface area (Å²) in [6, 6.07) is 17.4. The fourth-order valence-corrected chi connectivity index (χ4v) is 1.61. The lowest BCUT2D eigenvalue weighted by molar-refractivity contribution is 0.163. The van der Waals surface area contributed by atoms with Crippen molar-refractivity contribution in [1.29, 1.82) is 0 Å². The molecular weight excluding hydrogens is 220 g/mol. The minimum Gasteiger partial charge on any atom is -0.379 e. The standard InChI is InChI=1S/C14H13F2N/c15-14(16)10-17-13-8-6-12(7-9-13)11-4-2-1-3-5-11/h1-9,14,17H,10H2. The summed E-state index contributed by atoms with van der Waals surface area (Å²) in [7, 11) is 0. The number of benzene rings is 2. The largest absolute Gasteiger partial charge is 0.379 e. The minimum atomic E-state index is -2.33. The van der Waals surface area contributed by atoms with Crippen LogP contribution < -0.4 is 5.32 Å². The van der Waals surface area contributed by atoms with E-state index in [0.29, 0.717) is 5.69 Å². The summed E-state index contributed by atoms with van der Waals surface area (Å²) in [5, 5.41) is 2.67. The maximum Gasteiger partial charge on any atom is 0.255 e. The molecule has 0 unspecified atom stereocenters. The van der Waals surface area contributed by atoms with Gasteiger partial charge < -0.3 is 5.32 Å². The Hall–Kier alpha value is -1.90. The maximum atomic E-state index is 12.0. The molecule has 88 valence electrons. The van der Waals surface area contributed by atoms with Crippen molar-refractivity contribution < 1.29 is 8.78 Å². The summed E-state index contributed by atoms with van der Waals surface area (Å²) in [5.41, 5.74) is 2.91. The van der Waals surface area contributed by atoms with Crippen molar-refractivity contribution in [3.63, 3.8) is 0 Å². The van der Waals surface area contributed by atoms with Crippen LogP contribution in [0.4, 0.5) is 14.5 Å². The van der Waals surface area contributed by atoms with Gasteiger partial charge in [-0.25, -0.2) is 8.78 Å². The van der Waals surface area contributed by atoms with E-state index in [1.165, 1.54) is 0 Å². The number of halogens is 2. The molecule has 0 fully saturated rings. The summed E-state index contributed by atoms with van der Waals surface area (Å²) >= 11 is 0. The first-order valence-electron chi connectivity index (χ1n) is 5.43. The quantitative estimate of drug-likeness (QED) is 0.840.